The average molecular weight is 381 g/mol. The molecule has 25 heavy (non-hydrogen) atoms. The van der Waals surface area contributed by atoms with Crippen LogP contribution < -0.4 is 11.1 Å². The Labute approximate surface area is 156 Å². The maximum atomic E-state index is 12.5. The van der Waals surface area contributed by atoms with Crippen LogP contribution in [0.1, 0.15) is 27.5 Å². The molecule has 1 aliphatic rings. The van der Waals surface area contributed by atoms with Gasteiger partial charge >= 0.3 is 0 Å². The van der Waals surface area contributed by atoms with E-state index in [0.717, 1.165) is 10.6 Å². The normalized spacial score (nSPS) is 16.6. The molecule has 1 aromatic heterocycles. The third-order valence-corrected chi connectivity index (χ3v) is 4.87. The molecule has 8 heteroatoms. The van der Waals surface area contributed by atoms with E-state index in [1.54, 1.807) is 10.3 Å². The largest absolute Gasteiger partial charge is 0.339 e. The molecule has 1 saturated heterocycles. The average Bonchev–Trinajstić information content (AvgIpc) is 3.18. The summed E-state index contributed by atoms with van der Waals surface area (Å²) in [5, 5.41) is 5.35. The van der Waals surface area contributed by atoms with E-state index in [-0.39, 0.29) is 24.2 Å². The molecule has 2 aromatic rings. The fourth-order valence-electron chi connectivity index (χ4n) is 2.72. The number of nitrogens with two attached hydrogens (primary N) is 1. The molecule has 1 fully saturated rings. The Morgan fingerprint density at radius 3 is 2.84 bits per heavy atom. The predicted molar refractivity (Wildman–Crippen MR) is 99.9 cm³/mol. The second-order valence-corrected chi connectivity index (χ2v) is 6.67. The van der Waals surface area contributed by atoms with Gasteiger partial charge < -0.3 is 16.0 Å². The quantitative estimate of drug-likeness (QED) is 0.796. The van der Waals surface area contributed by atoms with Crippen LogP contribution >= 0.6 is 23.7 Å². The Morgan fingerprint density at radius 2 is 2.12 bits per heavy atom. The van der Waals surface area contributed by atoms with Crippen molar-refractivity contribution in [3.8, 4) is 0 Å². The van der Waals surface area contributed by atoms with Crippen molar-refractivity contribution in [2.75, 3.05) is 13.1 Å². The van der Waals surface area contributed by atoms with Gasteiger partial charge in [0.05, 0.1) is 5.01 Å². The first-order valence-corrected chi connectivity index (χ1v) is 8.83. The fraction of sp³-hybridized carbons (Fsp3) is 0.353. The van der Waals surface area contributed by atoms with Crippen LogP contribution in [0.15, 0.2) is 35.7 Å². The maximum Gasteiger partial charge on any atom is 0.271 e. The van der Waals surface area contributed by atoms with Crippen molar-refractivity contribution < 1.29 is 9.59 Å². The minimum absolute atomic E-state index is 0. The molecule has 6 nitrogen and oxygen atoms in total. The first kappa shape index (κ1) is 19.4. The van der Waals surface area contributed by atoms with Crippen molar-refractivity contribution in [1.29, 1.82) is 0 Å². The number of hydrogen-bond acceptors (Lipinski definition) is 5. The molecule has 3 N–H and O–H groups in total. The van der Waals surface area contributed by atoms with Crippen molar-refractivity contribution in [2.45, 2.75) is 25.4 Å². The Balaban J connectivity index is 0.00000225. The standard InChI is InChI=1S/C17H20N4O2S.ClH/c18-8-6-15-19-14(11-24-15)16(22)20-13-7-9-21(17(13)23)10-12-4-2-1-3-5-12;/h1-5,11,13H,6-10,18H2,(H,20,22);1H. The summed E-state index contributed by atoms with van der Waals surface area (Å²) in [6.07, 6.45) is 1.28. The van der Waals surface area contributed by atoms with E-state index >= 15 is 0 Å². The molecule has 1 unspecified atom stereocenters. The van der Waals surface area contributed by atoms with Crippen LogP contribution in [0.3, 0.4) is 0 Å². The lowest BCUT2D eigenvalue weighted by Crippen LogP contribution is -2.41. The summed E-state index contributed by atoms with van der Waals surface area (Å²) in [5.74, 6) is -0.334. The molecule has 0 spiro atoms. The Kier molecular flexibility index (Phi) is 6.92. The highest BCUT2D eigenvalue weighted by Crippen LogP contribution is 2.16. The van der Waals surface area contributed by atoms with E-state index < -0.39 is 6.04 Å². The number of likely N-dealkylation sites (tertiary alicyclic amines) is 1. The molecule has 1 aromatic carbocycles. The summed E-state index contributed by atoms with van der Waals surface area (Å²) >= 11 is 1.42. The van der Waals surface area contributed by atoms with E-state index in [0.29, 0.717) is 38.2 Å². The van der Waals surface area contributed by atoms with Crippen LogP contribution in [-0.4, -0.2) is 40.8 Å². The number of nitrogens with zero attached hydrogens (tertiary/aromatic N) is 2. The van der Waals surface area contributed by atoms with Gasteiger partial charge in [-0.25, -0.2) is 4.98 Å². The molecule has 134 valence electrons. The zero-order valence-corrected chi connectivity index (χ0v) is 15.3. The second-order valence-electron chi connectivity index (χ2n) is 5.73. The van der Waals surface area contributed by atoms with Crippen LogP contribution in [0.4, 0.5) is 0 Å². The highest BCUT2D eigenvalue weighted by atomic mass is 35.5. The lowest BCUT2D eigenvalue weighted by molar-refractivity contribution is -0.129. The van der Waals surface area contributed by atoms with Gasteiger partial charge in [-0.3, -0.25) is 9.59 Å². The first-order chi connectivity index (χ1) is 11.7. The van der Waals surface area contributed by atoms with Crippen molar-refractivity contribution in [1.82, 2.24) is 15.2 Å². The number of halogens is 1. The molecule has 3 rings (SSSR count). The van der Waals surface area contributed by atoms with Crippen LogP contribution in [0.5, 0.6) is 0 Å². The highest BCUT2D eigenvalue weighted by Gasteiger charge is 2.33. The Bertz CT molecular complexity index is 722. The van der Waals surface area contributed by atoms with Gasteiger partial charge in [-0.1, -0.05) is 30.3 Å². The lowest BCUT2D eigenvalue weighted by Gasteiger charge is -2.17. The number of carbonyl (C=O) groups is 2. The number of thiazole rings is 1. The smallest absolute Gasteiger partial charge is 0.271 e. The first-order valence-electron chi connectivity index (χ1n) is 7.95. The summed E-state index contributed by atoms with van der Waals surface area (Å²) in [4.78, 5) is 30.8. The molecule has 2 amide bonds. The van der Waals surface area contributed by atoms with Gasteiger partial charge in [0.1, 0.15) is 11.7 Å². The molecule has 0 saturated carbocycles. The molecular weight excluding hydrogens is 360 g/mol. The van der Waals surface area contributed by atoms with Gasteiger partial charge in [-0.05, 0) is 18.5 Å². The molecule has 2 heterocycles. The van der Waals surface area contributed by atoms with Gasteiger partial charge in [0, 0.05) is 24.9 Å². The van der Waals surface area contributed by atoms with Crippen LogP contribution in [0.25, 0.3) is 0 Å². The minimum Gasteiger partial charge on any atom is -0.339 e. The molecule has 0 radical (unpaired) electrons. The fourth-order valence-corrected chi connectivity index (χ4v) is 3.51. The van der Waals surface area contributed by atoms with Crippen LogP contribution in [0.2, 0.25) is 0 Å². The topological polar surface area (TPSA) is 88.3 Å². The number of rotatable bonds is 6. The van der Waals surface area contributed by atoms with Crippen LogP contribution in [-0.2, 0) is 17.8 Å². The van der Waals surface area contributed by atoms with E-state index in [9.17, 15) is 9.59 Å². The zero-order chi connectivity index (χ0) is 16.9. The van der Waals surface area contributed by atoms with Gasteiger partial charge in [0.15, 0.2) is 0 Å². The van der Waals surface area contributed by atoms with Gasteiger partial charge in [0.2, 0.25) is 5.91 Å². The van der Waals surface area contributed by atoms with Crippen molar-refractivity contribution in [3.63, 3.8) is 0 Å². The Morgan fingerprint density at radius 1 is 1.36 bits per heavy atom. The summed E-state index contributed by atoms with van der Waals surface area (Å²) in [5.41, 5.74) is 6.94. The molecule has 1 aliphatic heterocycles. The number of amides is 2. The summed E-state index contributed by atoms with van der Waals surface area (Å²) in [6, 6.07) is 9.37. The number of aromatic nitrogens is 1. The number of nitrogens with one attached hydrogen (secondary N) is 1. The molecular formula is C17H21ClN4O2S. The SMILES string of the molecule is Cl.NCCc1nc(C(=O)NC2CCN(Cc3ccccc3)C2=O)cs1. The van der Waals surface area contributed by atoms with E-state index in [1.165, 1.54) is 11.3 Å². The summed E-state index contributed by atoms with van der Waals surface area (Å²) < 4.78 is 0. The van der Waals surface area contributed by atoms with Crippen molar-refractivity contribution >= 4 is 35.6 Å². The second kappa shape index (κ2) is 8.94. The number of benzene rings is 1. The van der Waals surface area contributed by atoms with Gasteiger partial charge in [0.25, 0.3) is 5.91 Å². The lowest BCUT2D eigenvalue weighted by atomic mass is 10.2. The molecule has 0 aliphatic carbocycles. The van der Waals surface area contributed by atoms with Crippen molar-refractivity contribution in [3.05, 3.63) is 52.0 Å². The van der Waals surface area contributed by atoms with Gasteiger partial charge in [-0.15, -0.1) is 23.7 Å². The van der Waals surface area contributed by atoms with Crippen LogP contribution in [0, 0.1) is 0 Å². The zero-order valence-electron chi connectivity index (χ0n) is 13.7. The third kappa shape index (κ3) is 4.78. The van der Waals surface area contributed by atoms with Crippen molar-refractivity contribution in [2.24, 2.45) is 5.73 Å². The van der Waals surface area contributed by atoms with Gasteiger partial charge in [-0.2, -0.15) is 0 Å². The number of hydrogen-bond donors (Lipinski definition) is 2. The summed E-state index contributed by atoms with van der Waals surface area (Å²) in [7, 11) is 0. The van der Waals surface area contributed by atoms with E-state index in [4.69, 9.17) is 5.73 Å². The number of carbonyl (C=O) groups excluding carboxylic acids is 2. The van der Waals surface area contributed by atoms with E-state index in [1.807, 2.05) is 30.3 Å². The third-order valence-electron chi connectivity index (χ3n) is 3.96. The minimum atomic E-state index is -0.471. The molecule has 0 bridgehead atoms. The Hall–Kier alpha value is -1.96. The molecule has 1 atom stereocenters. The predicted octanol–water partition coefficient (Wildman–Crippen LogP) is 1.60. The highest BCUT2D eigenvalue weighted by molar-refractivity contribution is 7.09. The summed E-state index contributed by atoms with van der Waals surface area (Å²) in [6.45, 7) is 1.72. The monoisotopic (exact) mass is 380 g/mol. The maximum absolute atomic E-state index is 12.5. The van der Waals surface area contributed by atoms with E-state index in [2.05, 4.69) is 10.3 Å².